The quantitative estimate of drug-likeness (QED) is 0.694. The number of carbonyl (C=O) groups is 1. The first-order valence-electron chi connectivity index (χ1n) is 7.80. The van der Waals surface area contributed by atoms with Gasteiger partial charge in [-0.2, -0.15) is 0 Å². The molecule has 3 nitrogen and oxygen atoms in total. The summed E-state index contributed by atoms with van der Waals surface area (Å²) < 4.78 is 0. The first kappa shape index (κ1) is 15.6. The molecule has 0 unspecified atom stereocenters. The summed E-state index contributed by atoms with van der Waals surface area (Å²) in [6, 6.07) is 11.2. The maximum absolute atomic E-state index is 11.3. The number of rotatable bonds is 2. The van der Waals surface area contributed by atoms with Crippen LogP contribution in [-0.2, 0) is 0 Å². The molecule has 0 aromatic heterocycles. The van der Waals surface area contributed by atoms with Crippen molar-refractivity contribution >= 4 is 34.9 Å². The molecule has 0 bridgehead atoms. The van der Waals surface area contributed by atoms with Gasteiger partial charge in [0.2, 0.25) is 0 Å². The van der Waals surface area contributed by atoms with E-state index in [1.54, 1.807) is 6.07 Å². The zero-order valence-electron chi connectivity index (χ0n) is 12.7. The van der Waals surface area contributed by atoms with Gasteiger partial charge in [0.15, 0.2) is 0 Å². The summed E-state index contributed by atoms with van der Waals surface area (Å²) in [4.78, 5) is 11.3. The molecule has 2 aromatic carbocycles. The third kappa shape index (κ3) is 2.48. The summed E-state index contributed by atoms with van der Waals surface area (Å²) in [5, 5.41) is 14.0. The number of halogens is 2. The summed E-state index contributed by atoms with van der Waals surface area (Å²) >= 11 is 12.5. The highest BCUT2D eigenvalue weighted by Gasteiger charge is 2.39. The van der Waals surface area contributed by atoms with Crippen LogP contribution >= 0.6 is 23.2 Å². The van der Waals surface area contributed by atoms with Crippen molar-refractivity contribution in [3.63, 3.8) is 0 Å². The maximum atomic E-state index is 11.3. The SMILES string of the molecule is O=C(O)c1cc(Cl)c2c(c1)[C@H]1C=CC[C@H]1[C@H](c1cccc(Cl)c1)N2. The molecule has 0 amide bonds. The fourth-order valence-corrected chi connectivity index (χ4v) is 4.29. The number of carboxylic acid groups (broad SMARTS) is 1. The molecule has 1 heterocycles. The molecule has 0 radical (unpaired) electrons. The topological polar surface area (TPSA) is 49.3 Å². The van der Waals surface area contributed by atoms with Gasteiger partial charge in [0.25, 0.3) is 0 Å². The van der Waals surface area contributed by atoms with Crippen molar-refractivity contribution in [3.8, 4) is 0 Å². The lowest BCUT2D eigenvalue weighted by molar-refractivity contribution is 0.0696. The Balaban J connectivity index is 1.83. The Bertz CT molecular complexity index is 862. The van der Waals surface area contributed by atoms with E-state index in [-0.39, 0.29) is 17.5 Å². The lowest BCUT2D eigenvalue weighted by Crippen LogP contribution is -2.29. The van der Waals surface area contributed by atoms with Gasteiger partial charge in [-0.3, -0.25) is 0 Å². The Morgan fingerprint density at radius 1 is 1.21 bits per heavy atom. The van der Waals surface area contributed by atoms with Gasteiger partial charge in [0, 0.05) is 10.9 Å². The summed E-state index contributed by atoms with van der Waals surface area (Å²) in [5.74, 6) is -0.492. The molecule has 2 N–H and O–H groups in total. The summed E-state index contributed by atoms with van der Waals surface area (Å²) in [5.41, 5.74) is 3.11. The van der Waals surface area contributed by atoms with Gasteiger partial charge in [-0.1, -0.05) is 47.5 Å². The van der Waals surface area contributed by atoms with Crippen molar-refractivity contribution in [1.82, 2.24) is 0 Å². The molecular weight excluding hydrogens is 345 g/mol. The number of aromatic carboxylic acids is 1. The number of nitrogens with one attached hydrogen (secondary N) is 1. The molecule has 1 aliphatic carbocycles. The Labute approximate surface area is 149 Å². The van der Waals surface area contributed by atoms with Crippen LogP contribution in [-0.4, -0.2) is 11.1 Å². The third-order valence-corrected chi connectivity index (χ3v) is 5.41. The van der Waals surface area contributed by atoms with Crippen molar-refractivity contribution in [2.24, 2.45) is 5.92 Å². The highest BCUT2D eigenvalue weighted by atomic mass is 35.5. The van der Waals surface area contributed by atoms with Gasteiger partial charge in [-0.15, -0.1) is 0 Å². The summed E-state index contributed by atoms with van der Waals surface area (Å²) in [6.07, 6.45) is 5.25. The minimum atomic E-state index is -0.963. The second-order valence-electron chi connectivity index (χ2n) is 6.26. The van der Waals surface area contributed by atoms with Crippen LogP contribution in [0.3, 0.4) is 0 Å². The molecule has 2 aliphatic rings. The molecule has 122 valence electrons. The van der Waals surface area contributed by atoms with Crippen LogP contribution in [0.15, 0.2) is 48.6 Å². The lowest BCUT2D eigenvalue weighted by Gasteiger charge is -2.38. The third-order valence-electron chi connectivity index (χ3n) is 4.88. The van der Waals surface area contributed by atoms with E-state index >= 15 is 0 Å². The smallest absolute Gasteiger partial charge is 0.335 e. The maximum Gasteiger partial charge on any atom is 0.335 e. The second-order valence-corrected chi connectivity index (χ2v) is 7.10. The van der Waals surface area contributed by atoms with Gasteiger partial charge >= 0.3 is 5.97 Å². The van der Waals surface area contributed by atoms with Crippen LogP contribution in [0.4, 0.5) is 5.69 Å². The molecule has 4 rings (SSSR count). The van der Waals surface area contributed by atoms with Crippen LogP contribution in [0.2, 0.25) is 10.0 Å². The molecule has 0 saturated carbocycles. The first-order chi connectivity index (χ1) is 11.5. The van der Waals surface area contributed by atoms with Crippen LogP contribution < -0.4 is 5.32 Å². The monoisotopic (exact) mass is 359 g/mol. The van der Waals surface area contributed by atoms with Crippen LogP contribution in [0.5, 0.6) is 0 Å². The second kappa shape index (κ2) is 5.83. The van der Waals surface area contributed by atoms with E-state index in [9.17, 15) is 9.90 Å². The number of fused-ring (bicyclic) bond motifs is 3. The largest absolute Gasteiger partial charge is 0.478 e. The molecule has 0 fully saturated rings. The minimum absolute atomic E-state index is 0.0874. The Morgan fingerprint density at radius 2 is 2.04 bits per heavy atom. The normalized spacial score (nSPS) is 24.2. The van der Waals surface area contributed by atoms with E-state index in [0.29, 0.717) is 16.0 Å². The van der Waals surface area contributed by atoms with E-state index in [1.165, 1.54) is 6.07 Å². The molecule has 2 aromatic rings. The highest BCUT2D eigenvalue weighted by Crippen LogP contribution is 2.51. The predicted octanol–water partition coefficient (Wildman–Crippen LogP) is 5.52. The molecule has 3 atom stereocenters. The van der Waals surface area contributed by atoms with E-state index in [4.69, 9.17) is 23.2 Å². The predicted molar refractivity (Wildman–Crippen MR) is 96.2 cm³/mol. The average Bonchev–Trinajstić information content (AvgIpc) is 3.04. The molecule has 24 heavy (non-hydrogen) atoms. The van der Waals surface area contributed by atoms with E-state index in [2.05, 4.69) is 23.5 Å². The number of allylic oxidation sites excluding steroid dienone is 2. The Kier molecular flexibility index (Phi) is 3.78. The lowest BCUT2D eigenvalue weighted by atomic mass is 9.76. The highest BCUT2D eigenvalue weighted by molar-refractivity contribution is 6.34. The van der Waals surface area contributed by atoms with Gasteiger partial charge in [-0.05, 0) is 47.7 Å². The standard InChI is InChI=1S/C19H15Cl2NO2/c20-12-4-1-3-10(7-12)17-14-6-2-5-13(14)15-8-11(19(23)24)9-16(21)18(15)22-17/h1-5,7-9,13-14,17,22H,6H2,(H,23,24)/t13-,14+,17-/m0/s1. The van der Waals surface area contributed by atoms with Crippen molar-refractivity contribution in [2.75, 3.05) is 5.32 Å². The fraction of sp³-hybridized carbons (Fsp3) is 0.211. The van der Waals surface area contributed by atoms with Crippen molar-refractivity contribution in [1.29, 1.82) is 0 Å². The van der Waals surface area contributed by atoms with Crippen LogP contribution in [0, 0.1) is 5.92 Å². The van der Waals surface area contributed by atoms with E-state index in [1.807, 2.05) is 18.2 Å². The van der Waals surface area contributed by atoms with Crippen molar-refractivity contribution in [2.45, 2.75) is 18.4 Å². The molecule has 5 heteroatoms. The van der Waals surface area contributed by atoms with E-state index in [0.717, 1.165) is 23.2 Å². The zero-order chi connectivity index (χ0) is 16.8. The van der Waals surface area contributed by atoms with E-state index < -0.39 is 5.97 Å². The summed E-state index contributed by atoms with van der Waals surface area (Å²) in [7, 11) is 0. The Hall–Kier alpha value is -1.97. The van der Waals surface area contributed by atoms with Gasteiger partial charge in [0.05, 0.1) is 22.3 Å². The number of anilines is 1. The average molecular weight is 360 g/mol. The molecule has 0 saturated heterocycles. The zero-order valence-corrected chi connectivity index (χ0v) is 14.2. The van der Waals surface area contributed by atoms with Crippen LogP contribution in [0.1, 0.15) is 39.9 Å². The summed E-state index contributed by atoms with van der Waals surface area (Å²) in [6.45, 7) is 0. The van der Waals surface area contributed by atoms with Crippen molar-refractivity contribution < 1.29 is 9.90 Å². The fourth-order valence-electron chi connectivity index (χ4n) is 3.81. The molecule has 0 spiro atoms. The van der Waals surface area contributed by atoms with Gasteiger partial charge in [0.1, 0.15) is 0 Å². The minimum Gasteiger partial charge on any atom is -0.478 e. The number of benzene rings is 2. The molecule has 1 aliphatic heterocycles. The van der Waals surface area contributed by atoms with Gasteiger partial charge < -0.3 is 10.4 Å². The van der Waals surface area contributed by atoms with Crippen molar-refractivity contribution in [3.05, 3.63) is 75.3 Å². The van der Waals surface area contributed by atoms with Gasteiger partial charge in [-0.25, -0.2) is 4.79 Å². The molecular formula is C19H15Cl2NO2. The number of hydrogen-bond donors (Lipinski definition) is 2. The Morgan fingerprint density at radius 3 is 2.79 bits per heavy atom. The van der Waals surface area contributed by atoms with Crippen LogP contribution in [0.25, 0.3) is 0 Å². The number of hydrogen-bond acceptors (Lipinski definition) is 2. The number of carboxylic acids is 1. The first-order valence-corrected chi connectivity index (χ1v) is 8.55.